The summed E-state index contributed by atoms with van der Waals surface area (Å²) in [4.78, 5) is 29.5. The number of ether oxygens (including phenoxy) is 1. The Bertz CT molecular complexity index is 825. The Kier molecular flexibility index (Phi) is 8.45. The van der Waals surface area contributed by atoms with Gasteiger partial charge in [0.15, 0.2) is 0 Å². The Morgan fingerprint density at radius 2 is 1.91 bits per heavy atom. The van der Waals surface area contributed by atoms with Crippen molar-refractivity contribution in [3.63, 3.8) is 0 Å². The summed E-state index contributed by atoms with van der Waals surface area (Å²) in [7, 11) is 0. The molecule has 188 valence electrons. The van der Waals surface area contributed by atoms with Crippen molar-refractivity contribution in [1.82, 2.24) is 20.0 Å². The highest BCUT2D eigenvalue weighted by Gasteiger charge is 2.38. The second-order valence-electron chi connectivity index (χ2n) is 10.3. The van der Waals surface area contributed by atoms with E-state index in [-0.39, 0.29) is 17.9 Å². The normalized spacial score (nSPS) is 24.6. The van der Waals surface area contributed by atoms with Crippen LogP contribution >= 0.6 is 0 Å². The fraction of sp³-hybridized carbons (Fsp3) is 0.692. The Balaban J connectivity index is 1.15. The molecular formula is C26H40N4O4. The van der Waals surface area contributed by atoms with E-state index in [2.05, 4.69) is 27.2 Å². The number of nitrogens with zero attached hydrogens (tertiary/aromatic N) is 3. The van der Waals surface area contributed by atoms with E-state index in [4.69, 9.17) is 4.74 Å². The monoisotopic (exact) mass is 472 g/mol. The molecule has 0 radical (unpaired) electrons. The number of aliphatic hydroxyl groups is 1. The molecule has 1 unspecified atom stereocenters. The van der Waals surface area contributed by atoms with Crippen LogP contribution in [0.5, 0.6) is 5.75 Å². The summed E-state index contributed by atoms with van der Waals surface area (Å²) in [6, 6.07) is 8.49. The molecule has 3 heterocycles. The highest BCUT2D eigenvalue weighted by Crippen LogP contribution is 2.26. The van der Waals surface area contributed by atoms with Crippen LogP contribution in [0.3, 0.4) is 0 Å². The molecule has 1 atom stereocenters. The molecule has 2 amide bonds. The summed E-state index contributed by atoms with van der Waals surface area (Å²) in [6.45, 7) is 8.80. The minimum Gasteiger partial charge on any atom is -0.494 e. The van der Waals surface area contributed by atoms with Gasteiger partial charge < -0.3 is 25.0 Å². The zero-order valence-electron chi connectivity index (χ0n) is 20.5. The lowest BCUT2D eigenvalue weighted by molar-refractivity contribution is -0.127. The molecule has 8 heteroatoms. The number of benzene rings is 1. The summed E-state index contributed by atoms with van der Waals surface area (Å²) < 4.78 is 5.85. The third-order valence-electron chi connectivity index (χ3n) is 7.27. The van der Waals surface area contributed by atoms with E-state index in [0.29, 0.717) is 26.1 Å². The van der Waals surface area contributed by atoms with Gasteiger partial charge in [-0.3, -0.25) is 14.5 Å². The standard InChI is InChI=1S/C26H40N4O4/c1-21(31)27-23-9-14-28(15-10-23)19-26(33)11-16-29(20-26)18-22-5-7-24(8-6-22)34-17-3-13-30-12-2-4-25(30)32/h5-8,23,33H,2-4,9-20H2,1H3,(H,27,31). The number of hydrogen-bond acceptors (Lipinski definition) is 6. The minimum absolute atomic E-state index is 0.0401. The Hall–Kier alpha value is -2.16. The van der Waals surface area contributed by atoms with Gasteiger partial charge in [-0.25, -0.2) is 0 Å². The Labute approximate surface area is 203 Å². The van der Waals surface area contributed by atoms with Crippen LogP contribution in [0.2, 0.25) is 0 Å². The molecule has 0 bridgehead atoms. The summed E-state index contributed by atoms with van der Waals surface area (Å²) in [5.74, 6) is 1.17. The highest BCUT2D eigenvalue weighted by atomic mass is 16.5. The number of hydrogen-bond donors (Lipinski definition) is 2. The van der Waals surface area contributed by atoms with Crippen molar-refractivity contribution in [2.75, 3.05) is 52.4 Å². The molecule has 34 heavy (non-hydrogen) atoms. The minimum atomic E-state index is -0.666. The number of carbonyl (C=O) groups excluding carboxylic acids is 2. The van der Waals surface area contributed by atoms with Crippen molar-refractivity contribution >= 4 is 11.8 Å². The van der Waals surface area contributed by atoms with Gasteiger partial charge in [0.2, 0.25) is 11.8 Å². The van der Waals surface area contributed by atoms with Crippen LogP contribution in [-0.4, -0.2) is 95.7 Å². The number of β-amino-alcohol motifs (C(OH)–C–C–N with tert-alkyl or cyclic N) is 1. The zero-order valence-corrected chi connectivity index (χ0v) is 20.5. The molecular weight excluding hydrogens is 432 g/mol. The van der Waals surface area contributed by atoms with E-state index in [1.54, 1.807) is 6.92 Å². The van der Waals surface area contributed by atoms with Gasteiger partial charge in [0.05, 0.1) is 12.2 Å². The van der Waals surface area contributed by atoms with Crippen molar-refractivity contribution in [2.45, 2.75) is 63.6 Å². The summed E-state index contributed by atoms with van der Waals surface area (Å²) in [5.41, 5.74) is 0.552. The third-order valence-corrected chi connectivity index (χ3v) is 7.27. The molecule has 0 aliphatic carbocycles. The van der Waals surface area contributed by atoms with Crippen LogP contribution < -0.4 is 10.1 Å². The molecule has 3 fully saturated rings. The first-order chi connectivity index (χ1) is 16.4. The van der Waals surface area contributed by atoms with E-state index < -0.39 is 5.60 Å². The van der Waals surface area contributed by atoms with Gasteiger partial charge in [-0.05, 0) is 49.8 Å². The van der Waals surface area contributed by atoms with Crippen molar-refractivity contribution in [1.29, 1.82) is 0 Å². The maximum absolute atomic E-state index is 11.7. The SMILES string of the molecule is CC(=O)NC1CCN(CC2(O)CCN(Cc3ccc(OCCCN4CCCC4=O)cc3)C2)CC1. The fourth-order valence-corrected chi connectivity index (χ4v) is 5.48. The number of amides is 2. The molecule has 8 nitrogen and oxygen atoms in total. The predicted octanol–water partition coefficient (Wildman–Crippen LogP) is 1.62. The van der Waals surface area contributed by atoms with Crippen LogP contribution in [0.4, 0.5) is 0 Å². The smallest absolute Gasteiger partial charge is 0.222 e. The molecule has 0 aromatic heterocycles. The summed E-state index contributed by atoms with van der Waals surface area (Å²) >= 11 is 0. The number of carbonyl (C=O) groups is 2. The molecule has 3 aliphatic rings. The van der Waals surface area contributed by atoms with Crippen LogP contribution in [0.1, 0.15) is 51.0 Å². The maximum Gasteiger partial charge on any atom is 0.222 e. The molecule has 4 rings (SSSR count). The summed E-state index contributed by atoms with van der Waals surface area (Å²) in [5, 5.41) is 14.2. The first-order valence-corrected chi connectivity index (χ1v) is 12.8. The van der Waals surface area contributed by atoms with E-state index in [1.165, 1.54) is 5.56 Å². The number of rotatable bonds is 10. The quantitative estimate of drug-likeness (QED) is 0.504. The zero-order chi connectivity index (χ0) is 24.0. The van der Waals surface area contributed by atoms with Crippen molar-refractivity contribution in [3.8, 4) is 5.75 Å². The first-order valence-electron chi connectivity index (χ1n) is 12.8. The molecule has 2 N–H and O–H groups in total. The number of likely N-dealkylation sites (tertiary alicyclic amines) is 3. The lowest BCUT2D eigenvalue weighted by Gasteiger charge is -2.36. The largest absolute Gasteiger partial charge is 0.494 e. The van der Waals surface area contributed by atoms with Crippen molar-refractivity contribution < 1.29 is 19.4 Å². The van der Waals surface area contributed by atoms with Gasteiger partial charge in [0.25, 0.3) is 0 Å². The highest BCUT2D eigenvalue weighted by molar-refractivity contribution is 5.78. The van der Waals surface area contributed by atoms with E-state index in [0.717, 1.165) is 77.1 Å². The number of piperidine rings is 1. The van der Waals surface area contributed by atoms with E-state index in [1.807, 2.05) is 17.0 Å². The first kappa shape index (κ1) is 24.9. The van der Waals surface area contributed by atoms with Crippen molar-refractivity contribution in [3.05, 3.63) is 29.8 Å². The van der Waals surface area contributed by atoms with Crippen LogP contribution in [0, 0.1) is 0 Å². The lowest BCUT2D eigenvalue weighted by atomic mass is 9.99. The second-order valence-corrected chi connectivity index (χ2v) is 10.3. The maximum atomic E-state index is 11.7. The van der Waals surface area contributed by atoms with Crippen LogP contribution in [0.15, 0.2) is 24.3 Å². The average Bonchev–Trinajstić information content (AvgIpc) is 3.38. The number of nitrogens with one attached hydrogen (secondary N) is 1. The Morgan fingerprint density at radius 3 is 2.59 bits per heavy atom. The molecule has 0 saturated carbocycles. The Morgan fingerprint density at radius 1 is 1.15 bits per heavy atom. The van der Waals surface area contributed by atoms with Gasteiger partial charge in [-0.1, -0.05) is 12.1 Å². The van der Waals surface area contributed by atoms with Gasteiger partial charge >= 0.3 is 0 Å². The van der Waals surface area contributed by atoms with Crippen LogP contribution in [-0.2, 0) is 16.1 Å². The molecule has 3 saturated heterocycles. The van der Waals surface area contributed by atoms with E-state index in [9.17, 15) is 14.7 Å². The van der Waals surface area contributed by atoms with Gasteiger partial charge in [-0.15, -0.1) is 0 Å². The van der Waals surface area contributed by atoms with Gasteiger partial charge in [-0.2, -0.15) is 0 Å². The van der Waals surface area contributed by atoms with E-state index >= 15 is 0 Å². The summed E-state index contributed by atoms with van der Waals surface area (Å²) in [6.07, 6.45) is 5.21. The molecule has 0 spiro atoms. The molecule has 3 aliphatic heterocycles. The lowest BCUT2D eigenvalue weighted by Crippen LogP contribution is -2.50. The third kappa shape index (κ3) is 7.17. The van der Waals surface area contributed by atoms with Crippen LogP contribution in [0.25, 0.3) is 0 Å². The topological polar surface area (TPSA) is 85.3 Å². The fourth-order valence-electron chi connectivity index (χ4n) is 5.48. The molecule has 1 aromatic rings. The van der Waals surface area contributed by atoms with Crippen molar-refractivity contribution in [2.24, 2.45) is 0 Å². The average molecular weight is 473 g/mol. The van der Waals surface area contributed by atoms with Gasteiger partial charge in [0, 0.05) is 71.7 Å². The predicted molar refractivity (Wildman–Crippen MR) is 130 cm³/mol. The second kappa shape index (κ2) is 11.5. The van der Waals surface area contributed by atoms with Gasteiger partial charge in [0.1, 0.15) is 5.75 Å². The molecule has 1 aromatic carbocycles.